The summed E-state index contributed by atoms with van der Waals surface area (Å²) in [5.41, 5.74) is 1.47. The predicted molar refractivity (Wildman–Crippen MR) is 121 cm³/mol. The normalized spacial score (nSPS) is 26.4. The van der Waals surface area contributed by atoms with Crippen molar-refractivity contribution in [2.24, 2.45) is 5.92 Å². The molecule has 3 aliphatic rings. The average molecular weight is 500 g/mol. The van der Waals surface area contributed by atoms with Crippen LogP contribution in [0.1, 0.15) is 24.1 Å². The Labute approximate surface area is 199 Å². The van der Waals surface area contributed by atoms with Crippen molar-refractivity contribution >= 4 is 23.4 Å². The van der Waals surface area contributed by atoms with Gasteiger partial charge in [0.25, 0.3) is 5.92 Å². The second-order valence-corrected chi connectivity index (χ2v) is 10.7. The summed E-state index contributed by atoms with van der Waals surface area (Å²) >= 11 is 7.45. The number of piperidine rings is 1. The molecule has 33 heavy (non-hydrogen) atoms. The van der Waals surface area contributed by atoms with E-state index in [2.05, 4.69) is 10.00 Å². The Morgan fingerprint density at radius 3 is 2.76 bits per heavy atom. The van der Waals surface area contributed by atoms with Gasteiger partial charge in [-0.2, -0.15) is 5.10 Å². The van der Waals surface area contributed by atoms with Crippen molar-refractivity contribution in [2.75, 3.05) is 26.8 Å². The van der Waals surface area contributed by atoms with Gasteiger partial charge in [-0.3, -0.25) is 4.90 Å². The van der Waals surface area contributed by atoms with Gasteiger partial charge in [0, 0.05) is 38.5 Å². The van der Waals surface area contributed by atoms with Gasteiger partial charge in [-0.1, -0.05) is 23.7 Å². The lowest BCUT2D eigenvalue weighted by Gasteiger charge is -2.51. The van der Waals surface area contributed by atoms with Gasteiger partial charge in [0.15, 0.2) is 0 Å². The number of para-hydroxylation sites is 1. The second-order valence-electron chi connectivity index (χ2n) is 8.86. The number of allylic oxidation sites excluding steroid dienone is 1. The zero-order chi connectivity index (χ0) is 23.2. The van der Waals surface area contributed by atoms with Crippen molar-refractivity contribution in [3.05, 3.63) is 58.0 Å². The fourth-order valence-corrected chi connectivity index (χ4v) is 6.85. The summed E-state index contributed by atoms with van der Waals surface area (Å²) in [4.78, 5) is 2.26. The van der Waals surface area contributed by atoms with E-state index in [1.165, 1.54) is 23.9 Å². The first-order chi connectivity index (χ1) is 15.8. The van der Waals surface area contributed by atoms with Crippen molar-refractivity contribution in [3.63, 3.8) is 0 Å². The van der Waals surface area contributed by atoms with E-state index in [0.29, 0.717) is 49.1 Å². The van der Waals surface area contributed by atoms with E-state index < -0.39 is 24.0 Å². The zero-order valence-corrected chi connectivity index (χ0v) is 19.7. The lowest BCUT2D eigenvalue weighted by Crippen LogP contribution is -2.61. The van der Waals surface area contributed by atoms with Crippen LogP contribution in [0.25, 0.3) is 5.69 Å². The number of halogens is 4. The molecule has 1 spiro atoms. The molecule has 0 aliphatic carbocycles. The maximum Gasteiger partial charge on any atom is 0.278 e. The molecule has 2 saturated heterocycles. The molecule has 0 N–H and O–H groups in total. The van der Waals surface area contributed by atoms with Gasteiger partial charge in [0.1, 0.15) is 18.1 Å². The number of hydrogen-bond donors (Lipinski definition) is 0. The number of likely N-dealkylation sites (tertiary alicyclic amines) is 1. The van der Waals surface area contributed by atoms with Crippen molar-refractivity contribution in [3.8, 4) is 5.69 Å². The van der Waals surface area contributed by atoms with E-state index in [9.17, 15) is 13.2 Å². The Kier molecular flexibility index (Phi) is 6.28. The van der Waals surface area contributed by atoms with Crippen molar-refractivity contribution in [2.45, 2.75) is 42.8 Å². The largest absolute Gasteiger partial charge is 0.378 e. The molecule has 0 bridgehead atoms. The van der Waals surface area contributed by atoms with Crippen molar-refractivity contribution in [1.29, 1.82) is 0 Å². The molecule has 1 aromatic heterocycles. The topological polar surface area (TPSA) is 39.5 Å². The van der Waals surface area contributed by atoms with Crippen LogP contribution in [0, 0.1) is 11.7 Å². The fraction of sp³-hybridized carbons (Fsp3) is 0.522. The maximum atomic E-state index is 14.4. The molecular weight excluding hydrogens is 475 g/mol. The number of alkyl halides is 2. The number of aromatic nitrogens is 2. The Morgan fingerprint density at radius 1 is 1.27 bits per heavy atom. The van der Waals surface area contributed by atoms with Gasteiger partial charge in [0.2, 0.25) is 0 Å². The van der Waals surface area contributed by atoms with Crippen LogP contribution in [0.4, 0.5) is 13.2 Å². The van der Waals surface area contributed by atoms with Crippen LogP contribution < -0.4 is 0 Å². The molecule has 2 unspecified atom stereocenters. The monoisotopic (exact) mass is 499 g/mol. The van der Waals surface area contributed by atoms with Crippen LogP contribution in [0.3, 0.4) is 0 Å². The Hall–Kier alpha value is -1.52. The minimum atomic E-state index is -2.90. The highest BCUT2D eigenvalue weighted by Crippen LogP contribution is 2.56. The van der Waals surface area contributed by atoms with Crippen LogP contribution in [0.5, 0.6) is 0 Å². The quantitative estimate of drug-likeness (QED) is 0.581. The van der Waals surface area contributed by atoms with Crippen molar-refractivity contribution in [1.82, 2.24) is 14.7 Å². The lowest BCUT2D eigenvalue weighted by molar-refractivity contribution is -0.215. The molecule has 2 atom stereocenters. The van der Waals surface area contributed by atoms with Crippen LogP contribution in [-0.4, -0.2) is 58.3 Å². The van der Waals surface area contributed by atoms with E-state index in [1.54, 1.807) is 30.0 Å². The summed E-state index contributed by atoms with van der Waals surface area (Å²) in [6.45, 7) is 1.76. The third kappa shape index (κ3) is 4.34. The minimum Gasteiger partial charge on any atom is -0.378 e. The van der Waals surface area contributed by atoms with Crippen molar-refractivity contribution < 1.29 is 22.6 Å². The number of hydrogen-bond acceptors (Lipinski definition) is 5. The highest BCUT2D eigenvalue weighted by molar-refractivity contribution is 8.05. The molecular formula is C23H25ClF3N3O2S. The number of nitrogens with zero attached hydrogens (tertiary/aromatic N) is 3. The SMILES string of the molecule is COCc1nn(-c2ccccc2F)cc1CN1CCC2(CC1)OCC(F)(F)C1C=C(Cl)SC12. The Morgan fingerprint density at radius 2 is 2.03 bits per heavy atom. The molecule has 5 nitrogen and oxygen atoms in total. The first kappa shape index (κ1) is 23.2. The van der Waals surface area contributed by atoms with Crippen LogP contribution in [-0.2, 0) is 22.6 Å². The summed E-state index contributed by atoms with van der Waals surface area (Å²) in [7, 11) is 1.60. The van der Waals surface area contributed by atoms with Crippen LogP contribution in [0.15, 0.2) is 40.9 Å². The number of fused-ring (bicyclic) bond motifs is 2. The predicted octanol–water partition coefficient (Wildman–Crippen LogP) is 4.97. The summed E-state index contributed by atoms with van der Waals surface area (Å²) in [5, 5.41) is 4.17. The third-order valence-electron chi connectivity index (χ3n) is 6.79. The fourth-order valence-electron chi connectivity index (χ4n) is 5.01. The standard InChI is InChI=1S/C23H25ClF3N3O2S/c1-31-13-18-15(12-30(28-18)19-5-3-2-4-17(19)25)11-29-8-6-22(7-9-29)21-16(10-20(24)33-21)23(26,27)14-32-22/h2-5,10,12,16,21H,6-9,11,13-14H2,1H3. The number of ether oxygens (including phenoxy) is 2. The first-order valence-electron chi connectivity index (χ1n) is 10.9. The van der Waals surface area contributed by atoms with E-state index in [1.807, 2.05) is 6.20 Å². The molecule has 5 rings (SSSR count). The van der Waals surface area contributed by atoms with Gasteiger partial charge in [0.05, 0.1) is 33.4 Å². The van der Waals surface area contributed by atoms with Crippen LogP contribution in [0.2, 0.25) is 0 Å². The summed E-state index contributed by atoms with van der Waals surface area (Å²) in [6.07, 6.45) is 4.63. The molecule has 0 amide bonds. The van der Waals surface area contributed by atoms with Gasteiger partial charge in [-0.15, -0.1) is 11.8 Å². The minimum absolute atomic E-state index is 0.317. The highest BCUT2D eigenvalue weighted by atomic mass is 35.5. The van der Waals surface area contributed by atoms with E-state index in [4.69, 9.17) is 21.1 Å². The Bertz CT molecular complexity index is 1060. The Balaban J connectivity index is 1.30. The van der Waals surface area contributed by atoms with Crippen LogP contribution >= 0.6 is 23.4 Å². The van der Waals surface area contributed by atoms with E-state index in [0.717, 1.165) is 11.3 Å². The number of thioether (sulfide) groups is 1. The van der Waals surface area contributed by atoms with Gasteiger partial charge >= 0.3 is 0 Å². The highest BCUT2D eigenvalue weighted by Gasteiger charge is 2.60. The molecule has 10 heteroatoms. The first-order valence-corrected chi connectivity index (χ1v) is 12.2. The van der Waals surface area contributed by atoms with Gasteiger partial charge < -0.3 is 9.47 Å². The molecule has 2 fully saturated rings. The lowest BCUT2D eigenvalue weighted by atomic mass is 9.77. The van der Waals surface area contributed by atoms with Gasteiger partial charge in [-0.05, 0) is 31.1 Å². The molecule has 178 valence electrons. The zero-order valence-electron chi connectivity index (χ0n) is 18.1. The molecule has 0 saturated carbocycles. The van der Waals surface area contributed by atoms with Gasteiger partial charge in [-0.25, -0.2) is 17.9 Å². The number of rotatable bonds is 5. The molecule has 3 aliphatic heterocycles. The molecule has 2 aromatic rings. The third-order valence-corrected chi connectivity index (χ3v) is 8.52. The molecule has 0 radical (unpaired) electrons. The summed E-state index contributed by atoms with van der Waals surface area (Å²) < 4.78 is 56.2. The number of methoxy groups -OCH3 is 1. The maximum absolute atomic E-state index is 14.4. The van der Waals surface area contributed by atoms with E-state index >= 15 is 0 Å². The number of benzene rings is 1. The summed E-state index contributed by atoms with van der Waals surface area (Å²) in [6, 6.07) is 6.49. The second kappa shape index (κ2) is 8.92. The van der Waals surface area contributed by atoms with E-state index in [-0.39, 0.29) is 11.1 Å². The smallest absolute Gasteiger partial charge is 0.278 e. The average Bonchev–Trinajstić information content (AvgIpc) is 3.38. The summed E-state index contributed by atoms with van der Waals surface area (Å²) in [5.74, 6) is -4.13. The molecule has 1 aromatic carbocycles. The molecule has 4 heterocycles.